The maximum atomic E-state index is 5.29. The van der Waals surface area contributed by atoms with Crippen LogP contribution in [-0.2, 0) is 6.54 Å². The first-order valence-electron chi connectivity index (χ1n) is 8.68. The smallest absolute Gasteiger partial charge is 0.128 e. The van der Waals surface area contributed by atoms with Gasteiger partial charge in [-0.05, 0) is 62.3 Å². The van der Waals surface area contributed by atoms with Gasteiger partial charge >= 0.3 is 0 Å². The number of fused-ring (bicyclic) bond motifs is 1. The van der Waals surface area contributed by atoms with Crippen LogP contribution in [0.1, 0.15) is 25.1 Å². The van der Waals surface area contributed by atoms with E-state index in [-0.39, 0.29) is 0 Å². The van der Waals surface area contributed by atoms with Gasteiger partial charge < -0.3 is 4.74 Å². The Morgan fingerprint density at radius 3 is 2.46 bits per heavy atom. The van der Waals surface area contributed by atoms with Gasteiger partial charge in [0.25, 0.3) is 0 Å². The molecule has 1 aliphatic heterocycles. The molecule has 0 N–H and O–H groups in total. The van der Waals surface area contributed by atoms with Crippen molar-refractivity contribution in [3.8, 4) is 11.4 Å². The van der Waals surface area contributed by atoms with Crippen LogP contribution in [0.5, 0.6) is 5.75 Å². The van der Waals surface area contributed by atoms with Crippen molar-refractivity contribution in [2.24, 2.45) is 0 Å². The standard InChI is InChI=1S/C20H23N3O/c1-24-17-11-9-16(10-12-17)23-19-8-4-3-7-18(19)21-20(23)15-22-13-5-2-6-14-22/h3-4,7-12H,2,5-6,13-15H2,1H3. The first-order valence-corrected chi connectivity index (χ1v) is 8.68. The Morgan fingerprint density at radius 1 is 0.958 bits per heavy atom. The first-order chi connectivity index (χ1) is 11.8. The SMILES string of the molecule is COc1ccc(-n2c(CN3CCCCC3)nc3ccccc32)cc1. The quantitative estimate of drug-likeness (QED) is 0.727. The molecule has 1 aromatic heterocycles. The van der Waals surface area contributed by atoms with Gasteiger partial charge in [-0.3, -0.25) is 9.47 Å². The molecule has 0 bridgehead atoms. The molecule has 4 heteroatoms. The maximum absolute atomic E-state index is 5.29. The van der Waals surface area contributed by atoms with Gasteiger partial charge in [0, 0.05) is 5.69 Å². The Balaban J connectivity index is 1.76. The molecule has 0 aliphatic carbocycles. The zero-order chi connectivity index (χ0) is 16.4. The number of para-hydroxylation sites is 2. The van der Waals surface area contributed by atoms with Gasteiger partial charge in [0.05, 0.1) is 24.7 Å². The highest BCUT2D eigenvalue weighted by molar-refractivity contribution is 5.78. The van der Waals surface area contributed by atoms with E-state index in [0.717, 1.165) is 34.8 Å². The zero-order valence-corrected chi connectivity index (χ0v) is 14.1. The molecule has 24 heavy (non-hydrogen) atoms. The van der Waals surface area contributed by atoms with E-state index >= 15 is 0 Å². The predicted octanol–water partition coefficient (Wildman–Crippen LogP) is 4.02. The third-order valence-electron chi connectivity index (χ3n) is 4.77. The molecule has 0 spiro atoms. The number of aromatic nitrogens is 2. The molecule has 0 unspecified atom stereocenters. The minimum atomic E-state index is 0.876. The number of hydrogen-bond acceptors (Lipinski definition) is 3. The van der Waals surface area contributed by atoms with Gasteiger partial charge in [-0.15, -0.1) is 0 Å². The van der Waals surface area contributed by atoms with Crippen molar-refractivity contribution in [3.05, 3.63) is 54.4 Å². The van der Waals surface area contributed by atoms with Crippen LogP contribution in [0.4, 0.5) is 0 Å². The third-order valence-corrected chi connectivity index (χ3v) is 4.77. The number of methoxy groups -OCH3 is 1. The molecule has 1 aliphatic rings. The highest BCUT2D eigenvalue weighted by atomic mass is 16.5. The minimum absolute atomic E-state index is 0.876. The molecule has 3 aromatic rings. The van der Waals surface area contributed by atoms with E-state index in [4.69, 9.17) is 9.72 Å². The summed E-state index contributed by atoms with van der Waals surface area (Å²) in [6, 6.07) is 16.6. The Hall–Kier alpha value is -2.33. The molecular weight excluding hydrogens is 298 g/mol. The number of imidazole rings is 1. The lowest BCUT2D eigenvalue weighted by molar-refractivity contribution is 0.215. The number of benzene rings is 2. The van der Waals surface area contributed by atoms with Crippen molar-refractivity contribution in [2.75, 3.05) is 20.2 Å². The third kappa shape index (κ3) is 2.89. The Labute approximate surface area is 142 Å². The van der Waals surface area contributed by atoms with Crippen molar-refractivity contribution in [1.82, 2.24) is 14.5 Å². The molecule has 4 nitrogen and oxygen atoms in total. The average Bonchev–Trinajstić information content (AvgIpc) is 3.00. The molecular formula is C20H23N3O. The van der Waals surface area contributed by atoms with Crippen LogP contribution < -0.4 is 4.74 Å². The van der Waals surface area contributed by atoms with Crippen LogP contribution in [0.25, 0.3) is 16.7 Å². The van der Waals surface area contributed by atoms with Crippen LogP contribution in [-0.4, -0.2) is 34.7 Å². The van der Waals surface area contributed by atoms with Crippen molar-refractivity contribution in [1.29, 1.82) is 0 Å². The van der Waals surface area contributed by atoms with E-state index in [1.165, 1.54) is 32.4 Å². The second kappa shape index (κ2) is 6.65. The molecule has 4 rings (SSSR count). The van der Waals surface area contributed by atoms with Crippen LogP contribution >= 0.6 is 0 Å². The van der Waals surface area contributed by atoms with Crippen LogP contribution in [0.3, 0.4) is 0 Å². The summed E-state index contributed by atoms with van der Waals surface area (Å²) in [4.78, 5) is 7.43. The Morgan fingerprint density at radius 2 is 1.71 bits per heavy atom. The van der Waals surface area contributed by atoms with Gasteiger partial charge in [-0.2, -0.15) is 0 Å². The maximum Gasteiger partial charge on any atom is 0.128 e. The van der Waals surface area contributed by atoms with Gasteiger partial charge in [-0.1, -0.05) is 18.6 Å². The lowest BCUT2D eigenvalue weighted by atomic mass is 10.1. The normalized spacial score (nSPS) is 15.7. The van der Waals surface area contributed by atoms with E-state index in [2.05, 4.69) is 45.9 Å². The second-order valence-corrected chi connectivity index (χ2v) is 6.39. The molecule has 2 heterocycles. The van der Waals surface area contributed by atoms with Crippen LogP contribution in [0.2, 0.25) is 0 Å². The topological polar surface area (TPSA) is 30.3 Å². The van der Waals surface area contributed by atoms with Crippen LogP contribution in [0, 0.1) is 0 Å². The van der Waals surface area contributed by atoms with E-state index in [1.54, 1.807) is 7.11 Å². The van der Waals surface area contributed by atoms with Crippen molar-refractivity contribution >= 4 is 11.0 Å². The second-order valence-electron chi connectivity index (χ2n) is 6.39. The summed E-state index contributed by atoms with van der Waals surface area (Å²) in [6.07, 6.45) is 3.94. The summed E-state index contributed by atoms with van der Waals surface area (Å²) in [7, 11) is 1.70. The summed E-state index contributed by atoms with van der Waals surface area (Å²) in [5, 5.41) is 0. The monoisotopic (exact) mass is 321 g/mol. The molecule has 1 fully saturated rings. The number of piperidine rings is 1. The van der Waals surface area contributed by atoms with E-state index in [9.17, 15) is 0 Å². The molecule has 124 valence electrons. The molecule has 2 aromatic carbocycles. The molecule has 0 atom stereocenters. The summed E-state index contributed by atoms with van der Waals surface area (Å²) >= 11 is 0. The molecule has 0 radical (unpaired) electrons. The number of ether oxygens (including phenoxy) is 1. The van der Waals surface area contributed by atoms with Gasteiger partial charge in [0.2, 0.25) is 0 Å². The highest BCUT2D eigenvalue weighted by Crippen LogP contribution is 2.24. The highest BCUT2D eigenvalue weighted by Gasteiger charge is 2.17. The lowest BCUT2D eigenvalue weighted by Gasteiger charge is -2.26. The van der Waals surface area contributed by atoms with Crippen LogP contribution in [0.15, 0.2) is 48.5 Å². The summed E-state index contributed by atoms with van der Waals surface area (Å²) in [5.74, 6) is 1.99. The summed E-state index contributed by atoms with van der Waals surface area (Å²) in [6.45, 7) is 3.25. The Kier molecular flexibility index (Phi) is 4.22. The molecule has 1 saturated heterocycles. The van der Waals surface area contributed by atoms with E-state index in [0.29, 0.717) is 0 Å². The number of hydrogen-bond donors (Lipinski definition) is 0. The van der Waals surface area contributed by atoms with Gasteiger partial charge in [-0.25, -0.2) is 4.98 Å². The van der Waals surface area contributed by atoms with Gasteiger partial charge in [0.1, 0.15) is 11.6 Å². The average molecular weight is 321 g/mol. The summed E-state index contributed by atoms with van der Waals surface area (Å²) < 4.78 is 7.57. The number of nitrogens with zero attached hydrogens (tertiary/aromatic N) is 3. The molecule has 0 saturated carbocycles. The lowest BCUT2D eigenvalue weighted by Crippen LogP contribution is -2.30. The zero-order valence-electron chi connectivity index (χ0n) is 14.1. The fourth-order valence-corrected chi connectivity index (χ4v) is 3.52. The van der Waals surface area contributed by atoms with Crippen molar-refractivity contribution in [2.45, 2.75) is 25.8 Å². The number of likely N-dealkylation sites (tertiary alicyclic amines) is 1. The van der Waals surface area contributed by atoms with Crippen molar-refractivity contribution < 1.29 is 4.74 Å². The van der Waals surface area contributed by atoms with Crippen molar-refractivity contribution in [3.63, 3.8) is 0 Å². The predicted molar refractivity (Wildman–Crippen MR) is 96.8 cm³/mol. The van der Waals surface area contributed by atoms with Gasteiger partial charge in [0.15, 0.2) is 0 Å². The number of rotatable bonds is 4. The molecule has 0 amide bonds. The first kappa shape index (κ1) is 15.2. The fraction of sp³-hybridized carbons (Fsp3) is 0.350. The minimum Gasteiger partial charge on any atom is -0.497 e. The largest absolute Gasteiger partial charge is 0.497 e. The fourth-order valence-electron chi connectivity index (χ4n) is 3.52. The Bertz CT molecular complexity index is 817. The van der Waals surface area contributed by atoms with E-state index < -0.39 is 0 Å². The summed E-state index contributed by atoms with van der Waals surface area (Å²) in [5.41, 5.74) is 3.35. The van der Waals surface area contributed by atoms with E-state index in [1.807, 2.05) is 12.1 Å².